The average molecular weight is 311 g/mol. The number of amides is 1. The van der Waals surface area contributed by atoms with Crippen molar-refractivity contribution in [2.75, 3.05) is 19.4 Å². The summed E-state index contributed by atoms with van der Waals surface area (Å²) >= 11 is 0. The van der Waals surface area contributed by atoms with Crippen LogP contribution in [0.5, 0.6) is 0 Å². The first-order valence-electron chi connectivity index (χ1n) is 7.20. The Bertz CT molecular complexity index is 800. The first-order chi connectivity index (χ1) is 11.1. The third-order valence-electron chi connectivity index (χ3n) is 3.41. The molecule has 2 aromatic heterocycles. The predicted molar refractivity (Wildman–Crippen MR) is 84.8 cm³/mol. The van der Waals surface area contributed by atoms with E-state index in [1.807, 2.05) is 30.3 Å². The molecule has 0 unspecified atom stereocenters. The minimum Gasteiger partial charge on any atom is -0.357 e. The van der Waals surface area contributed by atoms with Crippen LogP contribution in [0.15, 0.2) is 42.5 Å². The van der Waals surface area contributed by atoms with Gasteiger partial charge in [0.1, 0.15) is 11.9 Å². The Morgan fingerprint density at radius 2 is 2.00 bits per heavy atom. The van der Waals surface area contributed by atoms with Crippen LogP contribution in [0.1, 0.15) is 5.56 Å². The summed E-state index contributed by atoms with van der Waals surface area (Å²) in [6.07, 6.45) is 0.563. The molecule has 118 valence electrons. The highest BCUT2D eigenvalue weighted by Gasteiger charge is 2.21. The highest BCUT2D eigenvalue weighted by Crippen LogP contribution is 2.11. The number of hydrogen-bond donors (Lipinski definition) is 1. The van der Waals surface area contributed by atoms with Gasteiger partial charge in [-0.05, 0) is 28.1 Å². The van der Waals surface area contributed by atoms with Crippen LogP contribution in [0.25, 0.3) is 5.65 Å². The monoisotopic (exact) mass is 311 g/mol. The maximum Gasteiger partial charge on any atom is 0.244 e. The van der Waals surface area contributed by atoms with Gasteiger partial charge in [0.25, 0.3) is 0 Å². The van der Waals surface area contributed by atoms with Crippen molar-refractivity contribution < 1.29 is 4.79 Å². The van der Waals surface area contributed by atoms with E-state index >= 15 is 0 Å². The van der Waals surface area contributed by atoms with E-state index < -0.39 is 6.04 Å². The van der Waals surface area contributed by atoms with Gasteiger partial charge in [-0.1, -0.05) is 30.3 Å². The summed E-state index contributed by atoms with van der Waals surface area (Å²) in [5.41, 5.74) is 1.62. The number of anilines is 1. The Kier molecular flexibility index (Phi) is 4.13. The van der Waals surface area contributed by atoms with Crippen molar-refractivity contribution in [1.29, 1.82) is 0 Å². The van der Waals surface area contributed by atoms with E-state index in [9.17, 15) is 4.79 Å². The van der Waals surface area contributed by atoms with E-state index in [0.29, 0.717) is 17.9 Å². The van der Waals surface area contributed by atoms with Gasteiger partial charge in [0.15, 0.2) is 5.65 Å². The standard InChI is InChI=1S/C15H17N7O/c1-21(2)15(23)12(10-11-6-4-3-5-7-11)16-13-8-9-14-17-19-20-22(14)18-13/h3-9,12H,10H2,1-2H3,(H,16,18)/t12-/m1/s1. The molecule has 0 aliphatic heterocycles. The fourth-order valence-corrected chi connectivity index (χ4v) is 2.27. The number of rotatable bonds is 5. The minimum absolute atomic E-state index is 0.0209. The molecule has 0 fully saturated rings. The Labute approximate surface area is 133 Å². The summed E-state index contributed by atoms with van der Waals surface area (Å²) in [7, 11) is 3.47. The number of aromatic nitrogens is 5. The molecule has 2 heterocycles. The first-order valence-corrected chi connectivity index (χ1v) is 7.20. The van der Waals surface area contributed by atoms with E-state index in [2.05, 4.69) is 25.9 Å². The Morgan fingerprint density at radius 3 is 2.74 bits per heavy atom. The molecule has 1 N–H and O–H groups in total. The highest BCUT2D eigenvalue weighted by molar-refractivity contribution is 5.84. The van der Waals surface area contributed by atoms with Gasteiger partial charge in [-0.25, -0.2) is 0 Å². The van der Waals surface area contributed by atoms with Crippen LogP contribution in [0.4, 0.5) is 5.82 Å². The van der Waals surface area contributed by atoms with Crippen LogP contribution >= 0.6 is 0 Å². The number of fused-ring (bicyclic) bond motifs is 1. The molecule has 1 atom stereocenters. The van der Waals surface area contributed by atoms with Gasteiger partial charge < -0.3 is 10.2 Å². The van der Waals surface area contributed by atoms with Gasteiger partial charge in [0.2, 0.25) is 5.91 Å². The zero-order chi connectivity index (χ0) is 16.2. The normalized spacial score (nSPS) is 12.1. The van der Waals surface area contributed by atoms with Gasteiger partial charge in [-0.15, -0.1) is 14.8 Å². The van der Waals surface area contributed by atoms with Crippen molar-refractivity contribution in [3.63, 3.8) is 0 Å². The molecule has 0 saturated heterocycles. The van der Waals surface area contributed by atoms with E-state index in [0.717, 1.165) is 5.56 Å². The molecule has 0 bridgehead atoms. The summed E-state index contributed by atoms with van der Waals surface area (Å²) < 4.78 is 1.32. The van der Waals surface area contributed by atoms with Gasteiger partial charge in [0.05, 0.1) is 0 Å². The summed E-state index contributed by atoms with van der Waals surface area (Å²) in [4.78, 5) is 14.0. The zero-order valence-electron chi connectivity index (χ0n) is 12.9. The fraction of sp³-hybridized carbons (Fsp3) is 0.267. The van der Waals surface area contributed by atoms with Crippen molar-refractivity contribution in [3.05, 3.63) is 48.0 Å². The molecule has 1 aromatic carbocycles. The number of nitrogens with zero attached hydrogens (tertiary/aromatic N) is 6. The maximum atomic E-state index is 12.5. The molecule has 0 saturated carbocycles. The zero-order valence-corrected chi connectivity index (χ0v) is 12.9. The van der Waals surface area contributed by atoms with Crippen LogP contribution in [0, 0.1) is 0 Å². The Balaban J connectivity index is 1.83. The van der Waals surface area contributed by atoms with E-state index in [1.54, 1.807) is 31.1 Å². The molecule has 0 radical (unpaired) electrons. The molecule has 0 aliphatic rings. The van der Waals surface area contributed by atoms with E-state index in [-0.39, 0.29) is 5.91 Å². The number of carbonyl (C=O) groups is 1. The summed E-state index contributed by atoms with van der Waals surface area (Å²) in [5.74, 6) is 0.522. The third-order valence-corrected chi connectivity index (χ3v) is 3.41. The first kappa shape index (κ1) is 14.9. The third kappa shape index (κ3) is 3.42. The Hall–Kier alpha value is -3.03. The van der Waals surface area contributed by atoms with Gasteiger partial charge in [-0.2, -0.15) is 0 Å². The number of carbonyl (C=O) groups excluding carboxylic acids is 1. The molecule has 1 amide bonds. The number of likely N-dealkylation sites (N-methyl/N-ethyl adjacent to an activating group) is 1. The minimum atomic E-state index is -0.422. The maximum absolute atomic E-state index is 12.5. The lowest BCUT2D eigenvalue weighted by molar-refractivity contribution is -0.129. The van der Waals surface area contributed by atoms with Gasteiger partial charge in [0, 0.05) is 20.5 Å². The summed E-state index contributed by atoms with van der Waals surface area (Å²) in [6.45, 7) is 0. The number of tetrazole rings is 1. The average Bonchev–Trinajstić information content (AvgIpc) is 3.02. The van der Waals surface area contributed by atoms with Gasteiger partial charge in [-0.3, -0.25) is 4.79 Å². The smallest absolute Gasteiger partial charge is 0.244 e. The molecule has 0 aliphatic carbocycles. The number of nitrogens with one attached hydrogen (secondary N) is 1. The summed E-state index contributed by atoms with van der Waals surface area (Å²) in [6, 6.07) is 12.9. The van der Waals surface area contributed by atoms with Crippen LogP contribution in [0.3, 0.4) is 0 Å². The predicted octanol–water partition coefficient (Wildman–Crippen LogP) is 0.631. The van der Waals surface area contributed by atoms with E-state index in [1.165, 1.54) is 4.63 Å². The van der Waals surface area contributed by atoms with Crippen molar-refractivity contribution >= 4 is 17.4 Å². The van der Waals surface area contributed by atoms with Crippen molar-refractivity contribution in [3.8, 4) is 0 Å². The van der Waals surface area contributed by atoms with Crippen molar-refractivity contribution in [1.82, 2.24) is 30.2 Å². The van der Waals surface area contributed by atoms with Gasteiger partial charge >= 0.3 is 0 Å². The molecule has 8 nitrogen and oxygen atoms in total. The highest BCUT2D eigenvalue weighted by atomic mass is 16.2. The van der Waals surface area contributed by atoms with Crippen molar-refractivity contribution in [2.24, 2.45) is 0 Å². The summed E-state index contributed by atoms with van der Waals surface area (Å²) in [5, 5.41) is 18.5. The molecular weight excluding hydrogens is 294 g/mol. The number of hydrogen-bond acceptors (Lipinski definition) is 6. The lowest BCUT2D eigenvalue weighted by Gasteiger charge is -2.22. The molecule has 3 aromatic rings. The second-order valence-electron chi connectivity index (χ2n) is 5.36. The lowest BCUT2D eigenvalue weighted by Crippen LogP contribution is -2.40. The van der Waals surface area contributed by atoms with Crippen LogP contribution in [-0.2, 0) is 11.2 Å². The molecule has 0 spiro atoms. The number of benzene rings is 1. The second kappa shape index (κ2) is 6.39. The van der Waals surface area contributed by atoms with E-state index in [4.69, 9.17) is 0 Å². The molecule has 3 rings (SSSR count). The quantitative estimate of drug-likeness (QED) is 0.743. The largest absolute Gasteiger partial charge is 0.357 e. The Morgan fingerprint density at radius 1 is 1.22 bits per heavy atom. The van der Waals surface area contributed by atoms with Crippen LogP contribution in [0.2, 0.25) is 0 Å². The van der Waals surface area contributed by atoms with Crippen LogP contribution in [-0.4, -0.2) is 56.2 Å². The topological polar surface area (TPSA) is 88.3 Å². The van der Waals surface area contributed by atoms with Crippen LogP contribution < -0.4 is 5.32 Å². The second-order valence-corrected chi connectivity index (χ2v) is 5.36. The molecule has 23 heavy (non-hydrogen) atoms. The molecular formula is C15H17N7O. The SMILES string of the molecule is CN(C)C(=O)[C@@H](Cc1ccccc1)Nc1ccc2nnnn2n1. The van der Waals surface area contributed by atoms with Crippen molar-refractivity contribution in [2.45, 2.75) is 12.5 Å². The molecule has 8 heteroatoms. The lowest BCUT2D eigenvalue weighted by atomic mass is 10.0. The fourth-order valence-electron chi connectivity index (χ4n) is 2.27.